The molecule has 0 bridgehead atoms. The number of halogens is 1. The van der Waals surface area contributed by atoms with Crippen LogP contribution >= 0.6 is 22.9 Å². The number of rotatable bonds is 4. The second kappa shape index (κ2) is 7.61. The van der Waals surface area contributed by atoms with Crippen molar-refractivity contribution in [2.45, 2.75) is 6.42 Å². The number of nitrogens with one attached hydrogen (secondary N) is 1. The van der Waals surface area contributed by atoms with Crippen molar-refractivity contribution < 1.29 is 9.53 Å². The number of thiazole rings is 1. The molecule has 0 aliphatic carbocycles. The van der Waals surface area contributed by atoms with E-state index in [0.717, 1.165) is 52.9 Å². The molecule has 5 nitrogen and oxygen atoms in total. The van der Waals surface area contributed by atoms with Gasteiger partial charge in [-0.25, -0.2) is 4.98 Å². The smallest absolute Gasteiger partial charge is 0.228 e. The van der Waals surface area contributed by atoms with Gasteiger partial charge < -0.3 is 15.0 Å². The quantitative estimate of drug-likeness (QED) is 0.736. The molecule has 134 valence electrons. The van der Waals surface area contributed by atoms with E-state index < -0.39 is 0 Å². The van der Waals surface area contributed by atoms with Crippen molar-refractivity contribution in [3.63, 3.8) is 0 Å². The van der Waals surface area contributed by atoms with Crippen LogP contribution in [0.4, 0.5) is 10.8 Å². The van der Waals surface area contributed by atoms with Crippen LogP contribution in [0, 0.1) is 0 Å². The lowest BCUT2D eigenvalue weighted by atomic mass is 10.1. The predicted octanol–water partition coefficient (Wildman–Crippen LogP) is 3.97. The van der Waals surface area contributed by atoms with E-state index in [0.29, 0.717) is 11.4 Å². The first-order valence-corrected chi connectivity index (χ1v) is 9.64. The first kappa shape index (κ1) is 17.3. The zero-order valence-corrected chi connectivity index (χ0v) is 15.6. The Morgan fingerprint density at radius 2 is 1.96 bits per heavy atom. The van der Waals surface area contributed by atoms with Crippen molar-refractivity contribution >= 4 is 49.9 Å². The molecule has 3 aromatic rings. The second-order valence-corrected chi connectivity index (χ2v) is 7.58. The van der Waals surface area contributed by atoms with Crippen LogP contribution in [0.2, 0.25) is 5.02 Å². The van der Waals surface area contributed by atoms with Crippen LogP contribution in [-0.2, 0) is 16.0 Å². The van der Waals surface area contributed by atoms with E-state index >= 15 is 0 Å². The Labute approximate surface area is 160 Å². The van der Waals surface area contributed by atoms with Gasteiger partial charge in [0.05, 0.1) is 29.9 Å². The molecule has 1 fully saturated rings. The van der Waals surface area contributed by atoms with Crippen molar-refractivity contribution in [2.24, 2.45) is 0 Å². The Morgan fingerprint density at radius 3 is 2.73 bits per heavy atom. The molecule has 26 heavy (non-hydrogen) atoms. The third-order valence-electron chi connectivity index (χ3n) is 4.22. The lowest BCUT2D eigenvalue weighted by Crippen LogP contribution is -2.36. The lowest BCUT2D eigenvalue weighted by molar-refractivity contribution is -0.115. The maximum atomic E-state index is 12.3. The average Bonchev–Trinajstić information content (AvgIpc) is 3.08. The standard InChI is InChI=1S/C19H18ClN3O2S/c20-14-3-1-13(2-4-14)11-18(24)21-15-5-6-16-17(12-15)26-19(22-16)23-7-9-25-10-8-23/h1-6,12H,7-11H2,(H,21,24). The molecule has 0 atom stereocenters. The maximum absolute atomic E-state index is 12.3. The number of anilines is 2. The molecular weight excluding hydrogens is 370 g/mol. The summed E-state index contributed by atoms with van der Waals surface area (Å²) < 4.78 is 6.46. The summed E-state index contributed by atoms with van der Waals surface area (Å²) in [5, 5.41) is 4.63. The topological polar surface area (TPSA) is 54.5 Å². The van der Waals surface area contributed by atoms with Crippen LogP contribution in [0.3, 0.4) is 0 Å². The van der Waals surface area contributed by atoms with Gasteiger partial charge in [0, 0.05) is 23.8 Å². The minimum Gasteiger partial charge on any atom is -0.378 e. The second-order valence-electron chi connectivity index (χ2n) is 6.13. The largest absolute Gasteiger partial charge is 0.378 e. The number of ether oxygens (including phenoxy) is 1. The van der Waals surface area contributed by atoms with Crippen molar-refractivity contribution in [1.29, 1.82) is 0 Å². The van der Waals surface area contributed by atoms with E-state index in [4.69, 9.17) is 21.3 Å². The lowest BCUT2D eigenvalue weighted by Gasteiger charge is -2.25. The molecule has 2 aromatic carbocycles. The van der Waals surface area contributed by atoms with Crippen molar-refractivity contribution in [3.05, 3.63) is 53.1 Å². The molecule has 0 unspecified atom stereocenters. The Balaban J connectivity index is 1.46. The molecule has 1 aliphatic rings. The molecule has 0 saturated carbocycles. The summed E-state index contributed by atoms with van der Waals surface area (Å²) in [4.78, 5) is 19.2. The van der Waals surface area contributed by atoms with Crippen LogP contribution in [-0.4, -0.2) is 37.2 Å². The van der Waals surface area contributed by atoms with Gasteiger partial charge in [0.25, 0.3) is 0 Å². The van der Waals surface area contributed by atoms with Gasteiger partial charge >= 0.3 is 0 Å². The SMILES string of the molecule is O=C(Cc1ccc(Cl)cc1)Nc1ccc2nc(N3CCOCC3)sc2c1. The normalized spacial score (nSPS) is 14.6. The number of carbonyl (C=O) groups excluding carboxylic acids is 1. The highest BCUT2D eigenvalue weighted by Gasteiger charge is 2.15. The van der Waals surface area contributed by atoms with Crippen LogP contribution in [0.15, 0.2) is 42.5 Å². The highest BCUT2D eigenvalue weighted by molar-refractivity contribution is 7.22. The van der Waals surface area contributed by atoms with Gasteiger partial charge in [0.15, 0.2) is 5.13 Å². The monoisotopic (exact) mass is 387 g/mol. The van der Waals surface area contributed by atoms with Gasteiger partial charge in [-0.3, -0.25) is 4.79 Å². The molecule has 1 aromatic heterocycles. The Bertz CT molecular complexity index is 920. The number of fused-ring (bicyclic) bond motifs is 1. The van der Waals surface area contributed by atoms with Crippen molar-refractivity contribution in [2.75, 3.05) is 36.5 Å². The van der Waals surface area contributed by atoms with Gasteiger partial charge in [0.2, 0.25) is 5.91 Å². The van der Waals surface area contributed by atoms with E-state index in [1.807, 2.05) is 30.3 Å². The summed E-state index contributed by atoms with van der Waals surface area (Å²) in [5.74, 6) is -0.0513. The molecule has 1 N–H and O–H groups in total. The van der Waals surface area contributed by atoms with Gasteiger partial charge in [-0.05, 0) is 35.9 Å². The van der Waals surface area contributed by atoms with E-state index in [1.54, 1.807) is 23.5 Å². The number of amides is 1. The number of morpholine rings is 1. The number of aromatic nitrogens is 1. The fourth-order valence-corrected chi connectivity index (χ4v) is 4.06. The zero-order valence-electron chi connectivity index (χ0n) is 14.1. The third-order valence-corrected chi connectivity index (χ3v) is 5.55. The van der Waals surface area contributed by atoms with Crippen LogP contribution in [0.25, 0.3) is 10.2 Å². The number of nitrogens with zero attached hydrogens (tertiary/aromatic N) is 2. The van der Waals surface area contributed by atoms with E-state index in [-0.39, 0.29) is 5.91 Å². The number of hydrogen-bond acceptors (Lipinski definition) is 5. The van der Waals surface area contributed by atoms with Crippen LogP contribution in [0.5, 0.6) is 0 Å². The van der Waals surface area contributed by atoms with E-state index in [2.05, 4.69) is 10.2 Å². The molecule has 0 radical (unpaired) electrons. The molecule has 4 rings (SSSR count). The summed E-state index contributed by atoms with van der Waals surface area (Å²) in [5.41, 5.74) is 2.67. The maximum Gasteiger partial charge on any atom is 0.228 e. The van der Waals surface area contributed by atoms with Crippen LogP contribution in [0.1, 0.15) is 5.56 Å². The number of hydrogen-bond donors (Lipinski definition) is 1. The van der Waals surface area contributed by atoms with Gasteiger partial charge in [-0.2, -0.15) is 0 Å². The molecule has 7 heteroatoms. The summed E-state index contributed by atoms with van der Waals surface area (Å²) in [6.45, 7) is 3.21. The van der Waals surface area contributed by atoms with Gasteiger partial charge in [0.1, 0.15) is 0 Å². The average molecular weight is 388 g/mol. The highest BCUT2D eigenvalue weighted by Crippen LogP contribution is 2.31. The predicted molar refractivity (Wildman–Crippen MR) is 106 cm³/mol. The third kappa shape index (κ3) is 3.98. The Morgan fingerprint density at radius 1 is 1.19 bits per heavy atom. The van der Waals surface area contributed by atoms with E-state index in [9.17, 15) is 4.79 Å². The fraction of sp³-hybridized carbons (Fsp3) is 0.263. The molecule has 1 saturated heterocycles. The Kier molecular flexibility index (Phi) is 5.06. The molecule has 1 amide bonds. The number of benzene rings is 2. The van der Waals surface area contributed by atoms with Gasteiger partial charge in [-0.1, -0.05) is 35.1 Å². The van der Waals surface area contributed by atoms with E-state index in [1.165, 1.54) is 0 Å². The first-order chi connectivity index (χ1) is 12.7. The van der Waals surface area contributed by atoms with Gasteiger partial charge in [-0.15, -0.1) is 0 Å². The summed E-state index contributed by atoms with van der Waals surface area (Å²) in [7, 11) is 0. The zero-order chi connectivity index (χ0) is 17.9. The van der Waals surface area contributed by atoms with Crippen molar-refractivity contribution in [1.82, 2.24) is 4.98 Å². The molecule has 1 aliphatic heterocycles. The molecule has 2 heterocycles. The minimum atomic E-state index is -0.0513. The minimum absolute atomic E-state index is 0.0513. The Hall–Kier alpha value is -2.15. The first-order valence-electron chi connectivity index (χ1n) is 8.45. The number of carbonyl (C=O) groups is 1. The van der Waals surface area contributed by atoms with Crippen molar-refractivity contribution in [3.8, 4) is 0 Å². The fourth-order valence-electron chi connectivity index (χ4n) is 2.87. The highest BCUT2D eigenvalue weighted by atomic mass is 35.5. The summed E-state index contributed by atoms with van der Waals surface area (Å²) >= 11 is 7.52. The summed E-state index contributed by atoms with van der Waals surface area (Å²) in [6.07, 6.45) is 0.316. The summed E-state index contributed by atoms with van der Waals surface area (Å²) in [6, 6.07) is 13.1. The molecular formula is C19H18ClN3O2S. The van der Waals surface area contributed by atoms with Crippen LogP contribution < -0.4 is 10.2 Å². The molecule has 0 spiro atoms.